The second-order valence-electron chi connectivity index (χ2n) is 5.56. The summed E-state index contributed by atoms with van der Waals surface area (Å²) in [5.74, 6) is 0.738. The third kappa shape index (κ3) is 4.28. The van der Waals surface area contributed by atoms with E-state index in [1.807, 2.05) is 0 Å². The Bertz CT molecular complexity index is 492. The number of benzene rings is 1. The summed E-state index contributed by atoms with van der Waals surface area (Å²) in [6.07, 6.45) is 1.14. The fraction of sp³-hybridized carbons (Fsp3) is 0.600. The zero-order valence-electron chi connectivity index (χ0n) is 12.6. The number of alkyl halides is 2. The standard InChI is InChI=1S/C15H22F2N2O3/c1-21-12-2-3-13(22-14(16)17)11(8-12)9-19-6-4-15(20,10-18)5-7-19/h2-3,8,14,20H,4-7,9-10,18H2,1H3. The molecule has 1 fully saturated rings. The maximum Gasteiger partial charge on any atom is 0.387 e. The van der Waals surface area contributed by atoms with Gasteiger partial charge in [0.05, 0.1) is 12.7 Å². The van der Waals surface area contributed by atoms with Crippen molar-refractivity contribution in [1.82, 2.24) is 4.90 Å². The highest BCUT2D eigenvalue weighted by atomic mass is 19.3. The Labute approximate surface area is 128 Å². The molecule has 2 rings (SSSR count). The van der Waals surface area contributed by atoms with Crippen LogP contribution in [-0.2, 0) is 6.54 Å². The van der Waals surface area contributed by atoms with Gasteiger partial charge >= 0.3 is 6.61 Å². The van der Waals surface area contributed by atoms with Crippen LogP contribution in [0, 0.1) is 0 Å². The molecule has 1 aliphatic heterocycles. The van der Waals surface area contributed by atoms with E-state index in [0.717, 1.165) is 0 Å². The topological polar surface area (TPSA) is 68.0 Å². The Hall–Kier alpha value is -1.44. The van der Waals surface area contributed by atoms with Crippen molar-refractivity contribution in [2.45, 2.75) is 31.6 Å². The maximum atomic E-state index is 12.5. The number of methoxy groups -OCH3 is 1. The number of likely N-dealkylation sites (tertiary alicyclic amines) is 1. The summed E-state index contributed by atoms with van der Waals surface area (Å²) in [5.41, 5.74) is 5.39. The van der Waals surface area contributed by atoms with Gasteiger partial charge in [0.25, 0.3) is 0 Å². The van der Waals surface area contributed by atoms with E-state index in [1.54, 1.807) is 12.1 Å². The van der Waals surface area contributed by atoms with Crippen molar-refractivity contribution in [2.24, 2.45) is 5.73 Å². The van der Waals surface area contributed by atoms with Gasteiger partial charge in [-0.25, -0.2) is 0 Å². The predicted octanol–water partition coefficient (Wildman–Crippen LogP) is 1.58. The van der Waals surface area contributed by atoms with Gasteiger partial charge in [-0.1, -0.05) is 0 Å². The zero-order chi connectivity index (χ0) is 16.2. The van der Waals surface area contributed by atoms with Crippen molar-refractivity contribution in [3.8, 4) is 11.5 Å². The van der Waals surface area contributed by atoms with Crippen LogP contribution in [0.5, 0.6) is 11.5 Å². The first kappa shape index (κ1) is 16.9. The summed E-state index contributed by atoms with van der Waals surface area (Å²) in [4.78, 5) is 2.08. The molecule has 0 spiro atoms. The molecule has 1 heterocycles. The molecule has 1 aliphatic rings. The number of ether oxygens (including phenoxy) is 2. The first-order valence-electron chi connectivity index (χ1n) is 7.22. The first-order chi connectivity index (χ1) is 10.5. The molecule has 3 N–H and O–H groups in total. The van der Waals surface area contributed by atoms with Crippen molar-refractivity contribution in [1.29, 1.82) is 0 Å². The van der Waals surface area contributed by atoms with Crippen molar-refractivity contribution in [3.63, 3.8) is 0 Å². The van der Waals surface area contributed by atoms with Crippen LogP contribution in [0.1, 0.15) is 18.4 Å². The van der Waals surface area contributed by atoms with Crippen molar-refractivity contribution in [3.05, 3.63) is 23.8 Å². The van der Waals surface area contributed by atoms with Crippen molar-refractivity contribution < 1.29 is 23.4 Å². The van der Waals surface area contributed by atoms with Gasteiger partial charge in [-0.3, -0.25) is 4.90 Å². The molecule has 5 nitrogen and oxygen atoms in total. The number of nitrogens with zero attached hydrogens (tertiary/aromatic N) is 1. The molecule has 0 amide bonds. The SMILES string of the molecule is COc1ccc(OC(F)F)c(CN2CCC(O)(CN)CC2)c1. The van der Waals surface area contributed by atoms with E-state index in [1.165, 1.54) is 13.2 Å². The monoisotopic (exact) mass is 316 g/mol. The van der Waals surface area contributed by atoms with Crippen LogP contribution >= 0.6 is 0 Å². The fourth-order valence-corrected chi connectivity index (χ4v) is 2.59. The van der Waals surface area contributed by atoms with Crippen molar-refractivity contribution >= 4 is 0 Å². The van der Waals surface area contributed by atoms with E-state index in [4.69, 9.17) is 10.5 Å². The van der Waals surface area contributed by atoms with Crippen LogP contribution in [0.15, 0.2) is 18.2 Å². The molecule has 1 saturated heterocycles. The molecule has 1 aromatic rings. The number of halogens is 2. The minimum atomic E-state index is -2.86. The molecule has 0 aromatic heterocycles. The number of hydrogen-bond donors (Lipinski definition) is 2. The number of aliphatic hydroxyl groups is 1. The Morgan fingerprint density at radius 3 is 2.59 bits per heavy atom. The molecule has 0 bridgehead atoms. The van der Waals surface area contributed by atoms with Crippen LogP contribution < -0.4 is 15.2 Å². The lowest BCUT2D eigenvalue weighted by Gasteiger charge is -2.37. The number of hydrogen-bond acceptors (Lipinski definition) is 5. The summed E-state index contributed by atoms with van der Waals surface area (Å²) < 4.78 is 34.7. The van der Waals surface area contributed by atoms with E-state index >= 15 is 0 Å². The third-order valence-electron chi connectivity index (χ3n) is 4.04. The van der Waals surface area contributed by atoms with Gasteiger partial charge in [0.15, 0.2) is 0 Å². The normalized spacial score (nSPS) is 18.5. The number of piperidine rings is 1. The van der Waals surface area contributed by atoms with Crippen LogP contribution in [0.25, 0.3) is 0 Å². The second kappa shape index (κ2) is 7.21. The van der Waals surface area contributed by atoms with Crippen LogP contribution in [-0.4, -0.2) is 49.0 Å². The predicted molar refractivity (Wildman–Crippen MR) is 78.1 cm³/mol. The Morgan fingerprint density at radius 2 is 2.05 bits per heavy atom. The quantitative estimate of drug-likeness (QED) is 0.834. The number of nitrogens with two attached hydrogens (primary N) is 1. The maximum absolute atomic E-state index is 12.5. The lowest BCUT2D eigenvalue weighted by atomic mass is 9.91. The smallest absolute Gasteiger partial charge is 0.387 e. The highest BCUT2D eigenvalue weighted by Crippen LogP contribution is 2.29. The van der Waals surface area contributed by atoms with E-state index < -0.39 is 12.2 Å². The fourth-order valence-electron chi connectivity index (χ4n) is 2.59. The van der Waals surface area contributed by atoms with Gasteiger partial charge in [0, 0.05) is 31.7 Å². The molecule has 1 aromatic carbocycles. The Balaban J connectivity index is 2.07. The summed E-state index contributed by atoms with van der Waals surface area (Å²) in [6, 6.07) is 4.77. The molecule has 124 valence electrons. The summed E-state index contributed by atoms with van der Waals surface area (Å²) in [7, 11) is 1.52. The zero-order valence-corrected chi connectivity index (χ0v) is 12.6. The largest absolute Gasteiger partial charge is 0.497 e. The van der Waals surface area contributed by atoms with Gasteiger partial charge in [-0.2, -0.15) is 8.78 Å². The first-order valence-corrected chi connectivity index (χ1v) is 7.22. The van der Waals surface area contributed by atoms with Crippen LogP contribution in [0.2, 0.25) is 0 Å². The van der Waals surface area contributed by atoms with Crippen LogP contribution in [0.3, 0.4) is 0 Å². The minimum absolute atomic E-state index is 0.149. The van der Waals surface area contributed by atoms with Gasteiger partial charge in [-0.05, 0) is 31.0 Å². The molecule has 22 heavy (non-hydrogen) atoms. The molecular weight excluding hydrogens is 294 g/mol. The van der Waals surface area contributed by atoms with E-state index in [0.29, 0.717) is 43.8 Å². The highest BCUT2D eigenvalue weighted by Gasteiger charge is 2.31. The summed E-state index contributed by atoms with van der Waals surface area (Å²) in [6.45, 7) is -0.867. The molecule has 0 saturated carbocycles. The molecular formula is C15H22F2N2O3. The molecule has 0 radical (unpaired) electrons. The lowest BCUT2D eigenvalue weighted by molar-refractivity contribution is -0.0512. The average Bonchev–Trinajstić information content (AvgIpc) is 2.51. The van der Waals surface area contributed by atoms with Crippen molar-refractivity contribution in [2.75, 3.05) is 26.7 Å². The minimum Gasteiger partial charge on any atom is -0.497 e. The summed E-state index contributed by atoms with van der Waals surface area (Å²) >= 11 is 0. The average molecular weight is 316 g/mol. The van der Waals surface area contributed by atoms with E-state index in [-0.39, 0.29) is 12.3 Å². The van der Waals surface area contributed by atoms with E-state index in [9.17, 15) is 13.9 Å². The van der Waals surface area contributed by atoms with Gasteiger partial charge in [0.2, 0.25) is 0 Å². The van der Waals surface area contributed by atoms with Gasteiger partial charge in [-0.15, -0.1) is 0 Å². The lowest BCUT2D eigenvalue weighted by Crippen LogP contribution is -2.48. The third-order valence-corrected chi connectivity index (χ3v) is 4.04. The molecule has 7 heteroatoms. The number of rotatable bonds is 6. The van der Waals surface area contributed by atoms with Crippen LogP contribution in [0.4, 0.5) is 8.78 Å². The van der Waals surface area contributed by atoms with Gasteiger partial charge < -0.3 is 20.3 Å². The molecule has 0 unspecified atom stereocenters. The van der Waals surface area contributed by atoms with E-state index in [2.05, 4.69) is 9.64 Å². The Kier molecular flexibility index (Phi) is 5.55. The summed E-state index contributed by atoms with van der Waals surface area (Å²) in [5, 5.41) is 10.1. The second-order valence-corrected chi connectivity index (χ2v) is 5.56. The van der Waals surface area contributed by atoms with Gasteiger partial charge in [0.1, 0.15) is 11.5 Å². The molecule has 0 aliphatic carbocycles. The Morgan fingerprint density at radius 1 is 1.36 bits per heavy atom. The molecule has 0 atom stereocenters. The highest BCUT2D eigenvalue weighted by molar-refractivity contribution is 5.40.